The molecule has 2 aliphatic heterocycles. The number of aromatic nitrogens is 2. The summed E-state index contributed by atoms with van der Waals surface area (Å²) in [7, 11) is 0. The number of aryl methyl sites for hydroxylation is 1. The van der Waals surface area contributed by atoms with Crippen LogP contribution in [0.2, 0.25) is 0 Å². The number of piperidine rings is 1. The van der Waals surface area contributed by atoms with E-state index >= 15 is 0 Å². The largest absolute Gasteiger partial charge is 0.355 e. The second-order valence-corrected chi connectivity index (χ2v) is 9.44. The first-order valence-electron chi connectivity index (χ1n) is 9.68. The van der Waals surface area contributed by atoms with Gasteiger partial charge in [-0.1, -0.05) is 13.8 Å². The first-order valence-corrected chi connectivity index (χ1v) is 9.68. The maximum atomic E-state index is 13.4. The molecule has 2 fully saturated rings. The van der Waals surface area contributed by atoms with Crippen molar-refractivity contribution < 1.29 is 4.79 Å². The monoisotopic (exact) mass is 359 g/mol. The fourth-order valence-corrected chi connectivity index (χ4v) is 3.96. The van der Waals surface area contributed by atoms with Crippen LogP contribution in [0.25, 0.3) is 0 Å². The van der Waals surface area contributed by atoms with Crippen molar-refractivity contribution in [3.8, 4) is 0 Å². The number of carbonyl (C=O) groups is 1. The van der Waals surface area contributed by atoms with Gasteiger partial charge in [-0.05, 0) is 52.4 Å². The van der Waals surface area contributed by atoms with Crippen molar-refractivity contribution in [1.82, 2.24) is 14.9 Å². The van der Waals surface area contributed by atoms with Crippen molar-refractivity contribution in [3.63, 3.8) is 0 Å². The van der Waals surface area contributed by atoms with Gasteiger partial charge in [0.15, 0.2) is 0 Å². The molecule has 1 aromatic rings. The number of nitrogens with two attached hydrogens (primary N) is 1. The number of nitrogens with zero attached hydrogens (tertiary/aromatic N) is 4. The Kier molecular flexibility index (Phi) is 4.76. The fraction of sp³-hybridized carbons (Fsp3) is 0.750. The van der Waals surface area contributed by atoms with Crippen molar-refractivity contribution >= 4 is 11.7 Å². The normalized spacial score (nSPS) is 24.8. The molecule has 6 heteroatoms. The van der Waals surface area contributed by atoms with E-state index in [0.29, 0.717) is 5.82 Å². The lowest BCUT2D eigenvalue weighted by Crippen LogP contribution is -2.55. The van der Waals surface area contributed by atoms with Crippen LogP contribution < -0.4 is 10.6 Å². The van der Waals surface area contributed by atoms with Crippen LogP contribution in [0, 0.1) is 19.3 Å². The second-order valence-electron chi connectivity index (χ2n) is 9.44. The minimum atomic E-state index is -0.176. The molecule has 2 saturated heterocycles. The molecule has 0 bridgehead atoms. The summed E-state index contributed by atoms with van der Waals surface area (Å²) in [4.78, 5) is 26.8. The summed E-state index contributed by atoms with van der Waals surface area (Å²) in [5.74, 6) is 1.12. The van der Waals surface area contributed by atoms with Gasteiger partial charge < -0.3 is 15.5 Å². The third-order valence-corrected chi connectivity index (χ3v) is 6.05. The molecule has 144 valence electrons. The molecule has 0 spiro atoms. The summed E-state index contributed by atoms with van der Waals surface area (Å²) in [6.45, 7) is 15.1. The first kappa shape index (κ1) is 19.1. The summed E-state index contributed by atoms with van der Waals surface area (Å²) in [5, 5.41) is 0. The van der Waals surface area contributed by atoms with Gasteiger partial charge in [-0.15, -0.1) is 0 Å². The molecule has 3 rings (SSSR count). The lowest BCUT2D eigenvalue weighted by Gasteiger charge is -2.48. The number of carbonyl (C=O) groups excluding carboxylic acids is 1. The van der Waals surface area contributed by atoms with Gasteiger partial charge in [0.2, 0.25) is 5.82 Å². The highest BCUT2D eigenvalue weighted by Crippen LogP contribution is 2.38. The number of rotatable bonds is 2. The van der Waals surface area contributed by atoms with Gasteiger partial charge in [0.1, 0.15) is 5.82 Å². The third kappa shape index (κ3) is 3.56. The minimum absolute atomic E-state index is 0.0596. The van der Waals surface area contributed by atoms with Crippen LogP contribution in [0.15, 0.2) is 0 Å². The van der Waals surface area contributed by atoms with E-state index in [2.05, 4.69) is 37.6 Å². The van der Waals surface area contributed by atoms with Crippen LogP contribution in [-0.4, -0.2) is 52.0 Å². The Balaban J connectivity index is 1.95. The Morgan fingerprint density at radius 2 is 1.85 bits per heavy atom. The van der Waals surface area contributed by atoms with E-state index < -0.39 is 0 Å². The van der Waals surface area contributed by atoms with E-state index in [1.807, 2.05) is 18.7 Å². The molecule has 0 radical (unpaired) electrons. The summed E-state index contributed by atoms with van der Waals surface area (Å²) >= 11 is 0. The van der Waals surface area contributed by atoms with Crippen LogP contribution in [0.3, 0.4) is 0 Å². The zero-order valence-corrected chi connectivity index (χ0v) is 17.1. The van der Waals surface area contributed by atoms with E-state index in [9.17, 15) is 4.79 Å². The summed E-state index contributed by atoms with van der Waals surface area (Å²) in [5.41, 5.74) is 7.92. The summed E-state index contributed by atoms with van der Waals surface area (Å²) in [6.07, 6.45) is 3.07. The molecule has 26 heavy (non-hydrogen) atoms. The Morgan fingerprint density at radius 1 is 1.15 bits per heavy atom. The number of hydrogen-bond donors (Lipinski definition) is 1. The van der Waals surface area contributed by atoms with Crippen molar-refractivity contribution in [2.75, 3.05) is 24.5 Å². The summed E-state index contributed by atoms with van der Waals surface area (Å²) in [6, 6.07) is 0.172. The van der Waals surface area contributed by atoms with Crippen LogP contribution >= 0.6 is 0 Å². The first-order chi connectivity index (χ1) is 12.0. The Morgan fingerprint density at radius 3 is 2.46 bits per heavy atom. The van der Waals surface area contributed by atoms with Gasteiger partial charge in [0.25, 0.3) is 5.91 Å². The van der Waals surface area contributed by atoms with Crippen molar-refractivity contribution in [2.24, 2.45) is 11.1 Å². The van der Waals surface area contributed by atoms with Gasteiger partial charge >= 0.3 is 0 Å². The predicted molar refractivity (Wildman–Crippen MR) is 104 cm³/mol. The molecule has 6 nitrogen and oxygen atoms in total. The average molecular weight is 360 g/mol. The molecule has 1 amide bonds. The molecule has 2 aliphatic rings. The summed E-state index contributed by atoms with van der Waals surface area (Å²) < 4.78 is 0. The van der Waals surface area contributed by atoms with Crippen LogP contribution in [0.5, 0.6) is 0 Å². The topological polar surface area (TPSA) is 75.4 Å². The Bertz CT molecular complexity index is 712. The van der Waals surface area contributed by atoms with Crippen LogP contribution in [0.1, 0.15) is 68.8 Å². The van der Waals surface area contributed by atoms with Crippen molar-refractivity contribution in [1.29, 1.82) is 0 Å². The molecular formula is C20H33N5O. The number of likely N-dealkylation sites (tertiary alicyclic amines) is 1. The Labute approximate surface area is 157 Å². The highest BCUT2D eigenvalue weighted by atomic mass is 16.2. The predicted octanol–water partition coefficient (Wildman–Crippen LogP) is 2.67. The van der Waals surface area contributed by atoms with Gasteiger partial charge in [0, 0.05) is 42.5 Å². The third-order valence-electron chi connectivity index (χ3n) is 6.05. The quantitative estimate of drug-likeness (QED) is 0.879. The second kappa shape index (κ2) is 6.48. The van der Waals surface area contributed by atoms with Crippen LogP contribution in [-0.2, 0) is 0 Å². The van der Waals surface area contributed by atoms with Gasteiger partial charge in [0.05, 0.1) is 0 Å². The van der Waals surface area contributed by atoms with Crippen molar-refractivity contribution in [3.05, 3.63) is 17.1 Å². The lowest BCUT2D eigenvalue weighted by molar-refractivity contribution is 0.0115. The number of hydrogen-bond acceptors (Lipinski definition) is 5. The SMILES string of the molecule is Cc1nc(C(=O)N2CC(C)(C)CCC2(C)C)nc(N2CC[C@@H](N)C2)c1C. The van der Waals surface area contributed by atoms with E-state index in [1.54, 1.807) is 0 Å². The van der Waals surface area contributed by atoms with Gasteiger partial charge in [-0.25, -0.2) is 9.97 Å². The highest BCUT2D eigenvalue weighted by molar-refractivity contribution is 5.91. The minimum Gasteiger partial charge on any atom is -0.355 e. The number of amides is 1. The zero-order chi connectivity index (χ0) is 19.3. The Hall–Kier alpha value is -1.69. The lowest BCUT2D eigenvalue weighted by atomic mass is 9.76. The van der Waals surface area contributed by atoms with E-state index in [-0.39, 0.29) is 22.9 Å². The number of anilines is 1. The molecule has 1 atom stereocenters. The van der Waals surface area contributed by atoms with Gasteiger partial charge in [-0.2, -0.15) is 0 Å². The molecule has 0 saturated carbocycles. The maximum absolute atomic E-state index is 13.4. The molecule has 0 aromatic carbocycles. The fourth-order valence-electron chi connectivity index (χ4n) is 3.96. The van der Waals surface area contributed by atoms with Crippen LogP contribution in [0.4, 0.5) is 5.82 Å². The molecule has 0 aliphatic carbocycles. The molecular weight excluding hydrogens is 326 g/mol. The molecule has 0 unspecified atom stereocenters. The molecule has 1 aromatic heterocycles. The zero-order valence-electron chi connectivity index (χ0n) is 17.1. The average Bonchev–Trinajstić information content (AvgIpc) is 2.98. The highest BCUT2D eigenvalue weighted by Gasteiger charge is 2.41. The molecule has 2 N–H and O–H groups in total. The maximum Gasteiger partial charge on any atom is 0.292 e. The standard InChI is InChI=1S/C20H33N5O/c1-13-14(2)22-16(23-17(13)24-10-7-15(21)11-24)18(26)25-12-19(3,4)8-9-20(25,5)6/h15H,7-12,21H2,1-6H3/t15-/m1/s1. The van der Waals surface area contributed by atoms with E-state index in [0.717, 1.165) is 56.0 Å². The van der Waals surface area contributed by atoms with E-state index in [4.69, 9.17) is 10.7 Å². The van der Waals surface area contributed by atoms with Crippen molar-refractivity contribution in [2.45, 2.75) is 72.4 Å². The molecule has 3 heterocycles. The van der Waals surface area contributed by atoms with E-state index in [1.165, 1.54) is 0 Å². The smallest absolute Gasteiger partial charge is 0.292 e. The van der Waals surface area contributed by atoms with Gasteiger partial charge in [-0.3, -0.25) is 4.79 Å².